The second kappa shape index (κ2) is 5.45. The topological polar surface area (TPSA) is 17.1 Å². The van der Waals surface area contributed by atoms with Crippen molar-refractivity contribution in [1.82, 2.24) is 0 Å². The van der Waals surface area contributed by atoms with Crippen molar-refractivity contribution in [2.45, 2.75) is 70.9 Å². The molecule has 0 aromatic heterocycles. The van der Waals surface area contributed by atoms with Gasteiger partial charge in [0.15, 0.2) is 0 Å². The lowest BCUT2D eigenvalue weighted by atomic mass is 9.59. The van der Waals surface area contributed by atoms with Crippen molar-refractivity contribution in [3.05, 3.63) is 0 Å². The maximum Gasteiger partial charge on any atom is 0.395 e. The molecule has 0 aromatic carbocycles. The first-order chi connectivity index (χ1) is 8.87. The van der Waals surface area contributed by atoms with Crippen LogP contribution in [0.4, 0.5) is 13.2 Å². The van der Waals surface area contributed by atoms with Crippen LogP contribution in [0.3, 0.4) is 0 Å². The molecule has 4 heteroatoms. The number of carbonyl (C=O) groups excluding carboxylic acids is 1. The van der Waals surface area contributed by atoms with Crippen molar-refractivity contribution in [3.63, 3.8) is 0 Å². The summed E-state index contributed by atoms with van der Waals surface area (Å²) in [6.07, 6.45) is 2.03. The highest BCUT2D eigenvalue weighted by atomic mass is 19.4. The molecule has 110 valence electrons. The van der Waals surface area contributed by atoms with E-state index in [1.54, 1.807) is 0 Å². The molecule has 2 atom stereocenters. The van der Waals surface area contributed by atoms with E-state index in [0.717, 1.165) is 32.1 Å². The zero-order valence-corrected chi connectivity index (χ0v) is 11.6. The van der Waals surface area contributed by atoms with Gasteiger partial charge in [-0.05, 0) is 38.5 Å². The Bertz CT molecular complexity index is 331. The molecule has 2 rings (SSSR count). The Hall–Kier alpha value is -0.540. The van der Waals surface area contributed by atoms with Crippen molar-refractivity contribution in [1.29, 1.82) is 0 Å². The van der Waals surface area contributed by atoms with E-state index in [0.29, 0.717) is 25.7 Å². The number of carbonyl (C=O) groups is 1. The Morgan fingerprint density at radius 1 is 0.947 bits per heavy atom. The van der Waals surface area contributed by atoms with Crippen molar-refractivity contribution in [2.24, 2.45) is 17.3 Å². The normalized spacial score (nSPS) is 30.1. The zero-order valence-electron chi connectivity index (χ0n) is 11.6. The van der Waals surface area contributed by atoms with Crippen LogP contribution in [0.15, 0.2) is 0 Å². The first-order valence-electron chi connectivity index (χ1n) is 7.47. The molecular weight excluding hydrogens is 253 g/mol. The van der Waals surface area contributed by atoms with Crippen LogP contribution in [-0.4, -0.2) is 12.0 Å². The van der Waals surface area contributed by atoms with Crippen LogP contribution in [0, 0.1) is 17.3 Å². The average molecular weight is 276 g/mol. The Labute approximate surface area is 112 Å². The highest BCUT2D eigenvalue weighted by molar-refractivity contribution is 5.82. The van der Waals surface area contributed by atoms with E-state index in [1.165, 1.54) is 6.92 Å². The SMILES string of the molecule is CC(C1CCCCC1)(C1CCCCC1=O)C(F)(F)F. The molecule has 0 amide bonds. The molecule has 2 unspecified atom stereocenters. The minimum Gasteiger partial charge on any atom is -0.299 e. The molecule has 0 radical (unpaired) electrons. The highest BCUT2D eigenvalue weighted by Crippen LogP contribution is 2.56. The second-order valence-corrected chi connectivity index (χ2v) is 6.38. The molecular formula is C15H23F3O. The lowest BCUT2D eigenvalue weighted by Crippen LogP contribution is -2.51. The van der Waals surface area contributed by atoms with E-state index in [4.69, 9.17) is 0 Å². The van der Waals surface area contributed by atoms with Crippen LogP contribution in [0.25, 0.3) is 0 Å². The van der Waals surface area contributed by atoms with Gasteiger partial charge < -0.3 is 0 Å². The number of Topliss-reactive ketones (excluding diaryl/α,β-unsaturated/α-hetero) is 1. The Morgan fingerprint density at radius 3 is 2.05 bits per heavy atom. The zero-order chi connectivity index (χ0) is 14.1. The molecule has 0 N–H and O–H groups in total. The van der Waals surface area contributed by atoms with Gasteiger partial charge in [0.05, 0.1) is 5.41 Å². The lowest BCUT2D eigenvalue weighted by molar-refractivity contribution is -0.258. The van der Waals surface area contributed by atoms with Crippen LogP contribution in [0.2, 0.25) is 0 Å². The van der Waals surface area contributed by atoms with Crippen LogP contribution in [-0.2, 0) is 4.79 Å². The first-order valence-corrected chi connectivity index (χ1v) is 7.47. The smallest absolute Gasteiger partial charge is 0.299 e. The van der Waals surface area contributed by atoms with Crippen LogP contribution >= 0.6 is 0 Å². The molecule has 0 bridgehead atoms. The summed E-state index contributed by atoms with van der Waals surface area (Å²) in [6.45, 7) is 1.32. The van der Waals surface area contributed by atoms with Gasteiger partial charge in [0, 0.05) is 12.3 Å². The van der Waals surface area contributed by atoms with E-state index >= 15 is 0 Å². The standard InChI is InChI=1S/C15H23F3O/c1-14(15(16,17)18,11-7-3-2-4-8-11)12-9-5-6-10-13(12)19/h11-12H,2-10H2,1H3. The molecule has 1 nitrogen and oxygen atoms in total. The van der Waals surface area contributed by atoms with Gasteiger partial charge in [0.1, 0.15) is 5.78 Å². The van der Waals surface area contributed by atoms with Gasteiger partial charge in [-0.25, -0.2) is 0 Å². The summed E-state index contributed by atoms with van der Waals surface area (Å²) in [5.74, 6) is -1.32. The van der Waals surface area contributed by atoms with Gasteiger partial charge in [-0.3, -0.25) is 4.79 Å². The second-order valence-electron chi connectivity index (χ2n) is 6.38. The molecule has 19 heavy (non-hydrogen) atoms. The molecule has 2 saturated carbocycles. The molecule has 0 saturated heterocycles. The van der Waals surface area contributed by atoms with Gasteiger partial charge in [0.25, 0.3) is 0 Å². The monoisotopic (exact) mass is 276 g/mol. The first kappa shape index (κ1) is 14.9. The van der Waals surface area contributed by atoms with Crippen molar-refractivity contribution in [2.75, 3.05) is 0 Å². The fraction of sp³-hybridized carbons (Fsp3) is 0.933. The number of rotatable bonds is 2. The quantitative estimate of drug-likeness (QED) is 0.701. The maximum absolute atomic E-state index is 13.7. The fourth-order valence-corrected chi connectivity index (χ4v) is 4.03. The minimum atomic E-state index is -4.27. The third-order valence-corrected chi connectivity index (χ3v) is 5.34. The van der Waals surface area contributed by atoms with Crippen LogP contribution in [0.1, 0.15) is 64.7 Å². The Kier molecular flexibility index (Phi) is 4.26. The third kappa shape index (κ3) is 2.68. The summed E-state index contributed by atoms with van der Waals surface area (Å²) >= 11 is 0. The van der Waals surface area contributed by atoms with E-state index < -0.39 is 17.5 Å². The Morgan fingerprint density at radius 2 is 1.53 bits per heavy atom. The average Bonchev–Trinajstić information content (AvgIpc) is 2.38. The highest BCUT2D eigenvalue weighted by Gasteiger charge is 2.61. The van der Waals surface area contributed by atoms with Crippen molar-refractivity contribution >= 4 is 5.78 Å². The van der Waals surface area contributed by atoms with Gasteiger partial charge in [0.2, 0.25) is 0 Å². The Balaban J connectivity index is 2.30. The summed E-state index contributed by atoms with van der Waals surface area (Å²) in [6, 6.07) is 0. The lowest BCUT2D eigenvalue weighted by Gasteiger charge is -2.46. The van der Waals surface area contributed by atoms with E-state index in [-0.39, 0.29) is 11.7 Å². The maximum atomic E-state index is 13.7. The molecule has 2 aliphatic carbocycles. The number of ketones is 1. The number of halogens is 3. The van der Waals surface area contributed by atoms with Gasteiger partial charge in [-0.1, -0.05) is 25.7 Å². The van der Waals surface area contributed by atoms with Gasteiger partial charge in [-0.15, -0.1) is 0 Å². The van der Waals surface area contributed by atoms with Crippen LogP contribution in [0.5, 0.6) is 0 Å². The largest absolute Gasteiger partial charge is 0.395 e. The van der Waals surface area contributed by atoms with Crippen molar-refractivity contribution < 1.29 is 18.0 Å². The van der Waals surface area contributed by atoms with Gasteiger partial charge >= 0.3 is 6.18 Å². The fourth-order valence-electron chi connectivity index (χ4n) is 4.03. The number of hydrogen-bond donors (Lipinski definition) is 0. The number of hydrogen-bond acceptors (Lipinski definition) is 1. The summed E-state index contributed by atoms with van der Waals surface area (Å²) in [5, 5.41) is 0. The van der Waals surface area contributed by atoms with E-state index in [1.807, 2.05) is 0 Å². The molecule has 0 aromatic rings. The third-order valence-electron chi connectivity index (χ3n) is 5.34. The summed E-state index contributed by atoms with van der Waals surface area (Å²) in [4.78, 5) is 12.0. The predicted molar refractivity (Wildman–Crippen MR) is 67.7 cm³/mol. The molecule has 2 fully saturated rings. The summed E-state index contributed by atoms with van der Waals surface area (Å²) < 4.78 is 41.1. The van der Waals surface area contributed by atoms with E-state index in [2.05, 4.69) is 0 Å². The van der Waals surface area contributed by atoms with Crippen LogP contribution < -0.4 is 0 Å². The van der Waals surface area contributed by atoms with Gasteiger partial charge in [-0.2, -0.15) is 13.2 Å². The molecule has 0 spiro atoms. The molecule has 2 aliphatic rings. The minimum absolute atomic E-state index is 0.156. The number of alkyl halides is 3. The summed E-state index contributed by atoms with van der Waals surface area (Å²) in [5.41, 5.74) is -1.80. The molecule has 0 heterocycles. The predicted octanol–water partition coefficient (Wildman–Crippen LogP) is 4.89. The summed E-state index contributed by atoms with van der Waals surface area (Å²) in [7, 11) is 0. The van der Waals surface area contributed by atoms with E-state index in [9.17, 15) is 18.0 Å². The molecule has 0 aliphatic heterocycles. The van der Waals surface area contributed by atoms with Crippen molar-refractivity contribution in [3.8, 4) is 0 Å².